The highest BCUT2D eigenvalue weighted by molar-refractivity contribution is 5.28. The lowest BCUT2D eigenvalue weighted by Crippen LogP contribution is -2.36. The number of hydrogen-bond acceptors (Lipinski definition) is 3. The summed E-state index contributed by atoms with van der Waals surface area (Å²) >= 11 is 0. The molecule has 1 fully saturated rings. The van der Waals surface area contributed by atoms with Crippen molar-refractivity contribution in [1.82, 2.24) is 4.90 Å². The van der Waals surface area contributed by atoms with Gasteiger partial charge in [0.1, 0.15) is 5.75 Å². The maximum absolute atomic E-state index is 5.83. The van der Waals surface area contributed by atoms with Gasteiger partial charge >= 0.3 is 0 Å². The van der Waals surface area contributed by atoms with Crippen molar-refractivity contribution in [2.24, 2.45) is 5.92 Å². The third-order valence-corrected chi connectivity index (χ3v) is 3.91. The summed E-state index contributed by atoms with van der Waals surface area (Å²) in [6, 6.07) is 8.56. The highest BCUT2D eigenvalue weighted by Crippen LogP contribution is 2.16. The molecular weight excluding hydrogens is 262 g/mol. The molecule has 0 atom stereocenters. The molecule has 1 aliphatic heterocycles. The first-order valence-electron chi connectivity index (χ1n) is 8.26. The van der Waals surface area contributed by atoms with E-state index in [1.54, 1.807) is 0 Å². The molecule has 0 saturated carbocycles. The van der Waals surface area contributed by atoms with E-state index in [0.29, 0.717) is 5.92 Å². The lowest BCUT2D eigenvalue weighted by Gasteiger charge is -2.26. The number of nitrogens with zero attached hydrogens (tertiary/aromatic N) is 1. The fourth-order valence-electron chi connectivity index (χ4n) is 2.53. The molecule has 0 N–H and O–H groups in total. The SMILES string of the molecule is CC(C)CCOc1cccc(CCCN2CCOCC2)c1. The Morgan fingerprint density at radius 3 is 2.81 bits per heavy atom. The molecule has 0 unspecified atom stereocenters. The van der Waals surface area contributed by atoms with Gasteiger partial charge in [-0.2, -0.15) is 0 Å². The molecular formula is C18H29NO2. The minimum atomic E-state index is 0.696. The third kappa shape index (κ3) is 6.49. The first-order chi connectivity index (χ1) is 10.2. The number of aryl methyl sites for hydroxylation is 1. The van der Waals surface area contributed by atoms with Gasteiger partial charge in [-0.05, 0) is 49.4 Å². The maximum atomic E-state index is 5.83. The van der Waals surface area contributed by atoms with Gasteiger partial charge in [0.2, 0.25) is 0 Å². The average molecular weight is 291 g/mol. The van der Waals surface area contributed by atoms with Crippen LogP contribution in [0.4, 0.5) is 0 Å². The second-order valence-corrected chi connectivity index (χ2v) is 6.24. The molecule has 0 aliphatic carbocycles. The Morgan fingerprint density at radius 1 is 1.24 bits per heavy atom. The summed E-state index contributed by atoms with van der Waals surface area (Å²) in [5.41, 5.74) is 1.38. The van der Waals surface area contributed by atoms with Crippen LogP contribution in [0.5, 0.6) is 5.75 Å². The summed E-state index contributed by atoms with van der Waals surface area (Å²) in [4.78, 5) is 2.49. The first-order valence-corrected chi connectivity index (χ1v) is 8.26. The summed E-state index contributed by atoms with van der Waals surface area (Å²) in [6.45, 7) is 10.4. The van der Waals surface area contributed by atoms with Crippen molar-refractivity contribution in [3.63, 3.8) is 0 Å². The molecule has 3 nitrogen and oxygen atoms in total. The highest BCUT2D eigenvalue weighted by atomic mass is 16.5. The zero-order valence-electron chi connectivity index (χ0n) is 13.5. The Kier molecular flexibility index (Phi) is 7.04. The molecule has 1 heterocycles. The Labute approximate surface area is 129 Å². The summed E-state index contributed by atoms with van der Waals surface area (Å²) in [5, 5.41) is 0. The largest absolute Gasteiger partial charge is 0.494 e. The van der Waals surface area contributed by atoms with Crippen LogP contribution in [-0.2, 0) is 11.2 Å². The summed E-state index contributed by atoms with van der Waals surface area (Å²) in [7, 11) is 0. The molecule has 0 spiro atoms. The molecule has 1 saturated heterocycles. The predicted octanol–water partition coefficient (Wildman–Crippen LogP) is 3.38. The lowest BCUT2D eigenvalue weighted by atomic mass is 10.1. The van der Waals surface area contributed by atoms with Gasteiger partial charge < -0.3 is 9.47 Å². The van der Waals surface area contributed by atoms with Gasteiger partial charge in [0.15, 0.2) is 0 Å². The van der Waals surface area contributed by atoms with Gasteiger partial charge in [-0.25, -0.2) is 0 Å². The van der Waals surface area contributed by atoms with Crippen molar-refractivity contribution in [3.8, 4) is 5.75 Å². The monoisotopic (exact) mass is 291 g/mol. The van der Waals surface area contributed by atoms with Gasteiger partial charge in [0, 0.05) is 13.1 Å². The van der Waals surface area contributed by atoms with Crippen LogP contribution in [0.15, 0.2) is 24.3 Å². The summed E-state index contributed by atoms with van der Waals surface area (Å²) < 4.78 is 11.2. The Balaban J connectivity index is 1.70. The standard InChI is InChI=1S/C18H29NO2/c1-16(2)8-12-21-18-7-3-5-17(15-18)6-4-9-19-10-13-20-14-11-19/h3,5,7,15-16H,4,6,8-14H2,1-2H3. The van der Waals surface area contributed by atoms with Crippen LogP contribution in [0.1, 0.15) is 32.3 Å². The second-order valence-electron chi connectivity index (χ2n) is 6.24. The fraction of sp³-hybridized carbons (Fsp3) is 0.667. The van der Waals surface area contributed by atoms with E-state index in [-0.39, 0.29) is 0 Å². The van der Waals surface area contributed by atoms with Crippen LogP contribution in [0.3, 0.4) is 0 Å². The second kappa shape index (κ2) is 9.06. The van der Waals surface area contributed by atoms with Crippen molar-refractivity contribution in [2.75, 3.05) is 39.5 Å². The molecule has 1 aromatic rings. The lowest BCUT2D eigenvalue weighted by molar-refractivity contribution is 0.0374. The summed E-state index contributed by atoms with van der Waals surface area (Å²) in [6.07, 6.45) is 3.44. The van der Waals surface area contributed by atoms with Crippen LogP contribution < -0.4 is 4.74 Å². The van der Waals surface area contributed by atoms with Crippen LogP contribution in [0.2, 0.25) is 0 Å². The van der Waals surface area contributed by atoms with E-state index >= 15 is 0 Å². The number of morpholine rings is 1. The Morgan fingerprint density at radius 2 is 2.05 bits per heavy atom. The molecule has 118 valence electrons. The van der Waals surface area contributed by atoms with Crippen LogP contribution in [-0.4, -0.2) is 44.4 Å². The summed E-state index contributed by atoms with van der Waals surface area (Å²) in [5.74, 6) is 1.71. The van der Waals surface area contributed by atoms with Crippen LogP contribution >= 0.6 is 0 Å². The minimum absolute atomic E-state index is 0.696. The van der Waals surface area contributed by atoms with Crippen molar-refractivity contribution < 1.29 is 9.47 Å². The van der Waals surface area contributed by atoms with Crippen molar-refractivity contribution in [1.29, 1.82) is 0 Å². The average Bonchev–Trinajstić information content (AvgIpc) is 2.48. The first kappa shape index (κ1) is 16.3. The fourth-order valence-corrected chi connectivity index (χ4v) is 2.53. The van der Waals surface area contributed by atoms with Crippen molar-refractivity contribution in [3.05, 3.63) is 29.8 Å². The zero-order chi connectivity index (χ0) is 14.9. The molecule has 1 aliphatic rings. The number of benzene rings is 1. The minimum Gasteiger partial charge on any atom is -0.494 e. The van der Waals surface area contributed by atoms with Gasteiger partial charge in [-0.1, -0.05) is 26.0 Å². The molecule has 0 aromatic heterocycles. The third-order valence-electron chi connectivity index (χ3n) is 3.91. The van der Waals surface area contributed by atoms with E-state index in [2.05, 4.69) is 43.0 Å². The van der Waals surface area contributed by atoms with E-state index in [4.69, 9.17) is 9.47 Å². The topological polar surface area (TPSA) is 21.7 Å². The van der Waals surface area contributed by atoms with E-state index in [1.165, 1.54) is 18.5 Å². The van der Waals surface area contributed by atoms with E-state index < -0.39 is 0 Å². The molecule has 2 rings (SSSR count). The number of hydrogen-bond donors (Lipinski definition) is 0. The normalized spacial score (nSPS) is 16.3. The van der Waals surface area contributed by atoms with Crippen LogP contribution in [0, 0.1) is 5.92 Å². The van der Waals surface area contributed by atoms with Crippen molar-refractivity contribution >= 4 is 0 Å². The van der Waals surface area contributed by atoms with Gasteiger partial charge in [0.25, 0.3) is 0 Å². The zero-order valence-corrected chi connectivity index (χ0v) is 13.5. The van der Waals surface area contributed by atoms with Gasteiger partial charge in [-0.15, -0.1) is 0 Å². The number of ether oxygens (including phenoxy) is 2. The molecule has 3 heteroatoms. The Bertz CT molecular complexity index is 400. The molecule has 0 bridgehead atoms. The Hall–Kier alpha value is -1.06. The molecule has 0 radical (unpaired) electrons. The molecule has 21 heavy (non-hydrogen) atoms. The molecule has 0 amide bonds. The molecule has 1 aromatic carbocycles. The van der Waals surface area contributed by atoms with Crippen LogP contribution in [0.25, 0.3) is 0 Å². The highest BCUT2D eigenvalue weighted by Gasteiger charge is 2.09. The quantitative estimate of drug-likeness (QED) is 0.733. The van der Waals surface area contributed by atoms with Gasteiger partial charge in [0.05, 0.1) is 19.8 Å². The smallest absolute Gasteiger partial charge is 0.119 e. The predicted molar refractivity (Wildman–Crippen MR) is 87.0 cm³/mol. The van der Waals surface area contributed by atoms with Gasteiger partial charge in [-0.3, -0.25) is 4.90 Å². The van der Waals surface area contributed by atoms with E-state index in [9.17, 15) is 0 Å². The van der Waals surface area contributed by atoms with Crippen molar-refractivity contribution in [2.45, 2.75) is 33.1 Å². The number of rotatable bonds is 8. The van der Waals surface area contributed by atoms with E-state index in [1.807, 2.05) is 0 Å². The van der Waals surface area contributed by atoms with E-state index in [0.717, 1.165) is 51.5 Å². The maximum Gasteiger partial charge on any atom is 0.119 e.